The number of carbonyl (C=O) groups excluding carboxylic acids is 1. The second-order valence-electron chi connectivity index (χ2n) is 6.98. The highest BCUT2D eigenvalue weighted by atomic mass is 32.2. The van der Waals surface area contributed by atoms with Crippen molar-refractivity contribution in [1.82, 2.24) is 5.01 Å². The number of benzene rings is 2. The molecule has 9 heteroatoms. The van der Waals surface area contributed by atoms with Gasteiger partial charge in [0.2, 0.25) is 0 Å². The molecular formula is C21H20F2N4OS2. The van der Waals surface area contributed by atoms with Crippen molar-refractivity contribution in [3.05, 3.63) is 71.3 Å². The fraction of sp³-hybridized carbons (Fsp3) is 0.286. The van der Waals surface area contributed by atoms with Crippen LogP contribution in [0.3, 0.4) is 0 Å². The van der Waals surface area contributed by atoms with Gasteiger partial charge in [-0.3, -0.25) is 4.79 Å². The molecule has 0 spiro atoms. The molecule has 0 bridgehead atoms. The second kappa shape index (κ2) is 8.49. The van der Waals surface area contributed by atoms with Crippen molar-refractivity contribution in [2.24, 2.45) is 15.8 Å². The number of aliphatic imine (C=N–C) groups is 1. The Morgan fingerprint density at radius 1 is 1.20 bits per heavy atom. The van der Waals surface area contributed by atoms with Crippen LogP contribution in [0.15, 0.2) is 58.6 Å². The van der Waals surface area contributed by atoms with Crippen molar-refractivity contribution in [1.29, 1.82) is 0 Å². The Morgan fingerprint density at radius 3 is 2.63 bits per heavy atom. The van der Waals surface area contributed by atoms with E-state index in [1.165, 1.54) is 11.8 Å². The number of amides is 1. The zero-order valence-corrected chi connectivity index (χ0v) is 17.9. The van der Waals surface area contributed by atoms with E-state index in [1.807, 2.05) is 37.3 Å². The number of amidine groups is 1. The fourth-order valence-electron chi connectivity index (χ4n) is 3.56. The van der Waals surface area contributed by atoms with Gasteiger partial charge in [0.1, 0.15) is 27.4 Å². The summed E-state index contributed by atoms with van der Waals surface area (Å²) in [6.07, 6.45) is 1.27. The van der Waals surface area contributed by atoms with E-state index >= 15 is 0 Å². The molecular weight excluding hydrogens is 426 g/mol. The summed E-state index contributed by atoms with van der Waals surface area (Å²) in [6, 6.07) is 13.0. The molecule has 1 amide bonds. The van der Waals surface area contributed by atoms with Gasteiger partial charge in [-0.15, -0.1) is 0 Å². The maximum absolute atomic E-state index is 14.6. The molecule has 0 aliphatic carbocycles. The summed E-state index contributed by atoms with van der Waals surface area (Å²) in [6.45, 7) is 2.34. The normalized spacial score (nSPS) is 23.7. The Hall–Kier alpha value is -2.23. The van der Waals surface area contributed by atoms with Crippen LogP contribution in [0.2, 0.25) is 0 Å². The van der Waals surface area contributed by atoms with Crippen molar-refractivity contribution < 1.29 is 13.6 Å². The topological polar surface area (TPSA) is 71.0 Å². The monoisotopic (exact) mass is 446 g/mol. The predicted molar refractivity (Wildman–Crippen MR) is 119 cm³/mol. The average Bonchev–Trinajstić information content (AvgIpc) is 3.28. The van der Waals surface area contributed by atoms with Gasteiger partial charge in [-0.1, -0.05) is 53.9 Å². The molecule has 5 nitrogen and oxygen atoms in total. The Labute approximate surface area is 181 Å². The number of halogens is 2. The number of rotatable bonds is 5. The van der Waals surface area contributed by atoms with E-state index in [-0.39, 0.29) is 16.1 Å². The molecule has 2 aliphatic rings. The molecule has 2 aromatic rings. The number of thioether (sulfide) groups is 2. The molecule has 2 N–H and O–H groups in total. The summed E-state index contributed by atoms with van der Waals surface area (Å²) < 4.78 is 28.5. The Kier molecular flexibility index (Phi) is 5.95. The van der Waals surface area contributed by atoms with Crippen LogP contribution in [0.5, 0.6) is 0 Å². The number of carbonyl (C=O) groups is 1. The number of hydrogen-bond donors (Lipinski definition) is 1. The highest BCUT2D eigenvalue weighted by molar-refractivity contribution is 8.15. The standard InChI is InChI=1S/C21H20F2N4OS2/c1-13-18(25-20(28)29-13)27-21(10-5-11-24,14-6-3-2-4-7-14)30-19(26-27)16-12-15(22)8-9-17(16)23/h2-4,6-9,12-13H,5,10-11,24H2,1H3/t13-,21?/m1/s1. The van der Waals surface area contributed by atoms with Gasteiger partial charge in [-0.25, -0.2) is 13.8 Å². The zero-order valence-electron chi connectivity index (χ0n) is 16.2. The maximum Gasteiger partial charge on any atom is 0.307 e. The first-order valence-electron chi connectivity index (χ1n) is 9.52. The number of nitrogens with two attached hydrogens (primary N) is 1. The third-order valence-electron chi connectivity index (χ3n) is 4.97. The van der Waals surface area contributed by atoms with Crippen LogP contribution in [0.4, 0.5) is 13.6 Å². The van der Waals surface area contributed by atoms with Gasteiger partial charge in [0, 0.05) is 5.56 Å². The second-order valence-corrected chi connectivity index (χ2v) is 9.54. The summed E-state index contributed by atoms with van der Waals surface area (Å²) in [4.78, 5) is 15.4. The van der Waals surface area contributed by atoms with Crippen LogP contribution in [0.1, 0.15) is 30.9 Å². The van der Waals surface area contributed by atoms with E-state index in [4.69, 9.17) is 5.73 Å². The highest BCUT2D eigenvalue weighted by Gasteiger charge is 2.49. The summed E-state index contributed by atoms with van der Waals surface area (Å²) in [5.74, 6) is -0.597. The van der Waals surface area contributed by atoms with Gasteiger partial charge >= 0.3 is 5.24 Å². The fourth-order valence-corrected chi connectivity index (χ4v) is 5.70. The first-order valence-corrected chi connectivity index (χ1v) is 11.2. The molecule has 4 rings (SSSR count). The summed E-state index contributed by atoms with van der Waals surface area (Å²) in [5, 5.41) is 6.24. The van der Waals surface area contributed by atoms with Gasteiger partial charge in [-0.05, 0) is 50.1 Å². The van der Waals surface area contributed by atoms with Gasteiger partial charge in [0.15, 0.2) is 0 Å². The van der Waals surface area contributed by atoms with Crippen LogP contribution < -0.4 is 5.73 Å². The van der Waals surface area contributed by atoms with Crippen molar-refractivity contribution in [3.8, 4) is 0 Å². The van der Waals surface area contributed by atoms with Crippen molar-refractivity contribution in [3.63, 3.8) is 0 Å². The van der Waals surface area contributed by atoms with E-state index in [9.17, 15) is 13.6 Å². The quantitative estimate of drug-likeness (QED) is 0.706. The summed E-state index contributed by atoms with van der Waals surface area (Å²) in [5.41, 5.74) is 6.83. The number of hydrazone groups is 1. The van der Waals surface area contributed by atoms with Gasteiger partial charge < -0.3 is 5.73 Å². The molecule has 0 saturated carbocycles. The minimum absolute atomic E-state index is 0.0841. The van der Waals surface area contributed by atoms with Crippen LogP contribution in [0, 0.1) is 11.6 Å². The molecule has 2 aliphatic heterocycles. The van der Waals surface area contributed by atoms with Crippen molar-refractivity contribution in [2.45, 2.75) is 29.9 Å². The largest absolute Gasteiger partial charge is 0.330 e. The molecule has 0 saturated heterocycles. The summed E-state index contributed by atoms with van der Waals surface area (Å²) >= 11 is 2.45. The lowest BCUT2D eigenvalue weighted by Crippen LogP contribution is -2.44. The summed E-state index contributed by atoms with van der Waals surface area (Å²) in [7, 11) is 0. The Balaban J connectivity index is 1.88. The third kappa shape index (κ3) is 3.77. The predicted octanol–water partition coefficient (Wildman–Crippen LogP) is 4.92. The number of hydrogen-bond acceptors (Lipinski definition) is 6. The zero-order chi connectivity index (χ0) is 21.3. The van der Waals surface area contributed by atoms with Gasteiger partial charge in [0.25, 0.3) is 0 Å². The molecule has 0 aromatic heterocycles. The van der Waals surface area contributed by atoms with E-state index < -0.39 is 16.5 Å². The Bertz CT molecular complexity index is 1030. The lowest BCUT2D eigenvalue weighted by atomic mass is 10.00. The van der Waals surface area contributed by atoms with E-state index in [2.05, 4.69) is 10.1 Å². The molecule has 1 unspecified atom stereocenters. The first kappa shape index (κ1) is 21.0. The van der Waals surface area contributed by atoms with Crippen LogP contribution in [-0.4, -0.2) is 32.9 Å². The van der Waals surface area contributed by atoms with Crippen molar-refractivity contribution in [2.75, 3.05) is 6.54 Å². The van der Waals surface area contributed by atoms with Crippen LogP contribution in [0.25, 0.3) is 0 Å². The SMILES string of the molecule is C[C@H]1SC(=O)N=C1N1N=C(c2cc(F)ccc2F)SC1(CCCN)c1ccccc1. The molecule has 0 fully saturated rings. The molecule has 156 valence electrons. The minimum atomic E-state index is -0.771. The average molecular weight is 447 g/mol. The van der Waals surface area contributed by atoms with Crippen LogP contribution >= 0.6 is 23.5 Å². The van der Waals surface area contributed by atoms with E-state index in [0.29, 0.717) is 30.3 Å². The van der Waals surface area contributed by atoms with Gasteiger partial charge in [0.05, 0.1) is 5.25 Å². The van der Waals surface area contributed by atoms with Crippen LogP contribution in [-0.2, 0) is 4.87 Å². The molecule has 2 atom stereocenters. The number of nitrogens with zero attached hydrogens (tertiary/aromatic N) is 3. The maximum atomic E-state index is 14.6. The molecule has 2 aromatic carbocycles. The van der Waals surface area contributed by atoms with E-state index in [0.717, 1.165) is 35.5 Å². The van der Waals surface area contributed by atoms with Crippen molar-refractivity contribution >= 4 is 39.6 Å². The molecule has 2 heterocycles. The minimum Gasteiger partial charge on any atom is -0.330 e. The third-order valence-corrected chi connectivity index (χ3v) is 7.27. The Morgan fingerprint density at radius 2 is 1.97 bits per heavy atom. The molecule has 30 heavy (non-hydrogen) atoms. The molecule has 0 radical (unpaired) electrons. The smallest absolute Gasteiger partial charge is 0.307 e. The lowest BCUT2D eigenvalue weighted by Gasteiger charge is -2.37. The first-order chi connectivity index (χ1) is 14.4. The van der Waals surface area contributed by atoms with Gasteiger partial charge in [-0.2, -0.15) is 10.1 Å². The lowest BCUT2D eigenvalue weighted by molar-refractivity contribution is 0.264. The van der Waals surface area contributed by atoms with E-state index in [1.54, 1.807) is 5.01 Å². The highest BCUT2D eigenvalue weighted by Crippen LogP contribution is 2.52.